The first-order valence-corrected chi connectivity index (χ1v) is 6.52. The van der Waals surface area contributed by atoms with Gasteiger partial charge < -0.3 is 4.74 Å². The lowest BCUT2D eigenvalue weighted by molar-refractivity contribution is 0.0921. The maximum Gasteiger partial charge on any atom is 0.200 e. The summed E-state index contributed by atoms with van der Waals surface area (Å²) in [6, 6.07) is 11.4. The van der Waals surface area contributed by atoms with Gasteiger partial charge in [-0.2, -0.15) is 0 Å². The Kier molecular flexibility index (Phi) is 4.32. The van der Waals surface area contributed by atoms with Crippen molar-refractivity contribution in [1.29, 1.82) is 0 Å². The van der Waals surface area contributed by atoms with Gasteiger partial charge in [0, 0.05) is 16.1 Å². The van der Waals surface area contributed by atoms with Gasteiger partial charge in [0.15, 0.2) is 12.4 Å². The Morgan fingerprint density at radius 1 is 1.21 bits per heavy atom. The van der Waals surface area contributed by atoms with E-state index < -0.39 is 5.82 Å². The number of rotatable bonds is 4. The second-order valence-corrected chi connectivity index (χ2v) is 5.10. The van der Waals surface area contributed by atoms with Crippen molar-refractivity contribution < 1.29 is 13.9 Å². The van der Waals surface area contributed by atoms with Gasteiger partial charge in [-0.3, -0.25) is 4.79 Å². The van der Waals surface area contributed by atoms with Crippen molar-refractivity contribution in [3.8, 4) is 5.75 Å². The average Bonchev–Trinajstić information content (AvgIpc) is 2.36. The average molecular weight is 323 g/mol. The molecule has 98 valence electrons. The van der Waals surface area contributed by atoms with Crippen LogP contribution in [0.15, 0.2) is 46.9 Å². The van der Waals surface area contributed by atoms with Gasteiger partial charge in [-0.1, -0.05) is 45.8 Å². The van der Waals surface area contributed by atoms with Gasteiger partial charge in [-0.25, -0.2) is 4.39 Å². The molecule has 0 aliphatic rings. The molecule has 2 aromatic carbocycles. The van der Waals surface area contributed by atoms with Gasteiger partial charge in [-0.15, -0.1) is 0 Å². The summed E-state index contributed by atoms with van der Waals surface area (Å²) in [6.45, 7) is 1.84. The molecular weight excluding hydrogens is 311 g/mol. The molecular formula is C15H12BrFO2. The summed E-state index contributed by atoms with van der Waals surface area (Å²) in [5.74, 6) is -0.222. The van der Waals surface area contributed by atoms with E-state index >= 15 is 0 Å². The molecule has 0 bridgehead atoms. The third-order valence-electron chi connectivity index (χ3n) is 2.58. The third kappa shape index (κ3) is 3.89. The highest BCUT2D eigenvalue weighted by atomic mass is 79.9. The molecule has 0 saturated carbocycles. The SMILES string of the molecule is Cc1ccc(C(=O)COc2cc(F)cc(Br)c2)cc1. The standard InChI is InChI=1S/C15H12BrFO2/c1-10-2-4-11(5-3-10)15(18)9-19-14-7-12(16)6-13(17)8-14/h2-8H,9H2,1H3. The van der Waals surface area contributed by atoms with Crippen LogP contribution >= 0.6 is 15.9 Å². The van der Waals surface area contributed by atoms with Crippen LogP contribution < -0.4 is 4.74 Å². The van der Waals surface area contributed by atoms with E-state index in [2.05, 4.69) is 15.9 Å². The van der Waals surface area contributed by atoms with Gasteiger partial charge in [0.25, 0.3) is 0 Å². The summed E-state index contributed by atoms with van der Waals surface area (Å²) in [4.78, 5) is 11.9. The first-order chi connectivity index (χ1) is 9.04. The molecule has 0 amide bonds. The quantitative estimate of drug-likeness (QED) is 0.790. The molecule has 0 heterocycles. The van der Waals surface area contributed by atoms with Gasteiger partial charge in [-0.05, 0) is 19.1 Å². The normalized spacial score (nSPS) is 10.3. The zero-order valence-corrected chi connectivity index (χ0v) is 11.9. The molecule has 0 atom stereocenters. The van der Waals surface area contributed by atoms with E-state index in [4.69, 9.17) is 4.74 Å². The lowest BCUT2D eigenvalue weighted by Gasteiger charge is -2.06. The Morgan fingerprint density at radius 3 is 2.53 bits per heavy atom. The molecule has 2 nitrogen and oxygen atoms in total. The minimum atomic E-state index is -0.410. The Morgan fingerprint density at radius 2 is 1.89 bits per heavy atom. The zero-order valence-electron chi connectivity index (χ0n) is 10.3. The lowest BCUT2D eigenvalue weighted by atomic mass is 10.1. The topological polar surface area (TPSA) is 26.3 Å². The van der Waals surface area contributed by atoms with E-state index in [1.54, 1.807) is 18.2 Å². The highest BCUT2D eigenvalue weighted by Crippen LogP contribution is 2.20. The van der Waals surface area contributed by atoms with Crippen molar-refractivity contribution >= 4 is 21.7 Å². The van der Waals surface area contributed by atoms with Crippen LogP contribution in [0, 0.1) is 12.7 Å². The number of hydrogen-bond donors (Lipinski definition) is 0. The highest BCUT2D eigenvalue weighted by molar-refractivity contribution is 9.10. The Hall–Kier alpha value is -1.68. The Labute approximate surface area is 119 Å². The number of ketones is 1. The first kappa shape index (κ1) is 13.7. The lowest BCUT2D eigenvalue weighted by Crippen LogP contribution is -2.11. The second-order valence-electron chi connectivity index (χ2n) is 4.18. The van der Waals surface area contributed by atoms with Crippen LogP contribution in [0.3, 0.4) is 0 Å². The molecule has 0 aromatic heterocycles. The van der Waals surface area contributed by atoms with Crippen molar-refractivity contribution in [2.45, 2.75) is 6.92 Å². The van der Waals surface area contributed by atoms with Crippen molar-refractivity contribution in [3.05, 3.63) is 63.9 Å². The predicted molar refractivity (Wildman–Crippen MR) is 75.1 cm³/mol. The number of benzene rings is 2. The molecule has 2 rings (SSSR count). The summed E-state index contributed by atoms with van der Waals surface area (Å²) in [7, 11) is 0. The van der Waals surface area contributed by atoms with Crippen LogP contribution in [-0.4, -0.2) is 12.4 Å². The van der Waals surface area contributed by atoms with Crippen molar-refractivity contribution in [2.24, 2.45) is 0 Å². The van der Waals surface area contributed by atoms with E-state index in [9.17, 15) is 9.18 Å². The fourth-order valence-corrected chi connectivity index (χ4v) is 2.03. The van der Waals surface area contributed by atoms with Crippen LogP contribution in [0.25, 0.3) is 0 Å². The monoisotopic (exact) mass is 322 g/mol. The van der Waals surface area contributed by atoms with E-state index in [1.807, 2.05) is 19.1 Å². The molecule has 0 N–H and O–H groups in total. The third-order valence-corrected chi connectivity index (χ3v) is 3.04. The minimum Gasteiger partial charge on any atom is -0.485 e. The predicted octanol–water partition coefficient (Wildman–Crippen LogP) is 4.16. The summed E-state index contributed by atoms with van der Waals surface area (Å²) in [5, 5.41) is 0. The summed E-state index contributed by atoms with van der Waals surface area (Å²) < 4.78 is 19.0. The van der Waals surface area contributed by atoms with Gasteiger partial charge >= 0.3 is 0 Å². The fourth-order valence-electron chi connectivity index (χ4n) is 1.58. The smallest absolute Gasteiger partial charge is 0.200 e. The van der Waals surface area contributed by atoms with Crippen LogP contribution in [0.2, 0.25) is 0 Å². The van der Waals surface area contributed by atoms with Crippen molar-refractivity contribution in [2.75, 3.05) is 6.61 Å². The molecule has 0 aliphatic heterocycles. The number of aryl methyl sites for hydroxylation is 1. The van der Waals surface area contributed by atoms with Crippen molar-refractivity contribution in [1.82, 2.24) is 0 Å². The van der Waals surface area contributed by atoms with E-state index in [-0.39, 0.29) is 12.4 Å². The van der Waals surface area contributed by atoms with Gasteiger partial charge in [0.2, 0.25) is 0 Å². The van der Waals surface area contributed by atoms with Gasteiger partial charge in [0.05, 0.1) is 0 Å². The molecule has 0 spiro atoms. The Balaban J connectivity index is 2.02. The minimum absolute atomic E-state index is 0.112. The van der Waals surface area contributed by atoms with Crippen LogP contribution in [0.5, 0.6) is 5.75 Å². The van der Waals surface area contributed by atoms with Crippen LogP contribution in [0.1, 0.15) is 15.9 Å². The van der Waals surface area contributed by atoms with Gasteiger partial charge in [0.1, 0.15) is 11.6 Å². The van der Waals surface area contributed by atoms with E-state index in [1.165, 1.54) is 12.1 Å². The number of carbonyl (C=O) groups is 1. The molecule has 2 aromatic rings. The molecule has 0 radical (unpaired) electrons. The number of Topliss-reactive ketones (excluding diaryl/α,β-unsaturated/α-hetero) is 1. The molecule has 19 heavy (non-hydrogen) atoms. The molecule has 4 heteroatoms. The maximum atomic E-state index is 13.1. The Bertz CT molecular complexity index is 573. The second kappa shape index (κ2) is 5.97. The molecule has 0 saturated heterocycles. The van der Waals surface area contributed by atoms with E-state index in [0.717, 1.165) is 5.56 Å². The molecule has 0 fully saturated rings. The van der Waals surface area contributed by atoms with Crippen LogP contribution in [-0.2, 0) is 0 Å². The number of halogens is 2. The largest absolute Gasteiger partial charge is 0.485 e. The number of hydrogen-bond acceptors (Lipinski definition) is 2. The maximum absolute atomic E-state index is 13.1. The summed E-state index contributed by atoms with van der Waals surface area (Å²) in [6.07, 6.45) is 0. The first-order valence-electron chi connectivity index (χ1n) is 5.73. The number of ether oxygens (including phenoxy) is 1. The fraction of sp³-hybridized carbons (Fsp3) is 0.133. The number of carbonyl (C=O) groups excluding carboxylic acids is 1. The molecule has 0 aliphatic carbocycles. The highest BCUT2D eigenvalue weighted by Gasteiger charge is 2.07. The molecule has 0 unspecified atom stereocenters. The zero-order chi connectivity index (χ0) is 13.8. The van der Waals surface area contributed by atoms with Crippen molar-refractivity contribution in [3.63, 3.8) is 0 Å². The van der Waals surface area contributed by atoms with Crippen LogP contribution in [0.4, 0.5) is 4.39 Å². The summed E-state index contributed by atoms with van der Waals surface area (Å²) >= 11 is 3.17. The summed E-state index contributed by atoms with van der Waals surface area (Å²) in [5.41, 5.74) is 1.67. The van der Waals surface area contributed by atoms with E-state index in [0.29, 0.717) is 15.8 Å².